The summed E-state index contributed by atoms with van der Waals surface area (Å²) in [7, 11) is -3.33. The van der Waals surface area contributed by atoms with Gasteiger partial charge in [-0.3, -0.25) is 4.90 Å². The average molecular weight is 378 g/mol. The minimum atomic E-state index is -3.33. The smallest absolute Gasteiger partial charge is 0.179 e. The van der Waals surface area contributed by atoms with E-state index < -0.39 is 9.84 Å². The lowest BCUT2D eigenvalue weighted by Crippen LogP contribution is -2.36. The molecule has 0 spiro atoms. The van der Waals surface area contributed by atoms with Crippen LogP contribution in [0.3, 0.4) is 0 Å². The highest BCUT2D eigenvalue weighted by molar-refractivity contribution is 7.91. The number of hydrogen-bond acceptors (Lipinski definition) is 3. The molecule has 138 valence electrons. The van der Waals surface area contributed by atoms with Crippen molar-refractivity contribution < 1.29 is 8.42 Å². The van der Waals surface area contributed by atoms with Crippen molar-refractivity contribution in [2.24, 2.45) is 0 Å². The van der Waals surface area contributed by atoms with Gasteiger partial charge in [0.2, 0.25) is 0 Å². The molecule has 1 heterocycles. The fraction of sp³-hybridized carbons (Fsp3) is 0.217. The predicted octanol–water partition coefficient (Wildman–Crippen LogP) is 4.26. The Morgan fingerprint density at radius 2 is 1.44 bits per heavy atom. The molecule has 0 saturated carbocycles. The van der Waals surface area contributed by atoms with Gasteiger partial charge in [0.05, 0.1) is 10.6 Å². The molecule has 0 N–H and O–H groups in total. The van der Waals surface area contributed by atoms with Crippen LogP contribution < -0.4 is 0 Å². The first-order valence-corrected chi connectivity index (χ1v) is 10.9. The first-order valence-electron chi connectivity index (χ1n) is 9.24. The van der Waals surface area contributed by atoms with Gasteiger partial charge < -0.3 is 0 Å². The molecule has 4 heteroatoms. The van der Waals surface area contributed by atoms with E-state index in [0.717, 1.165) is 19.6 Å². The molecular weight excluding hydrogens is 354 g/mol. The number of fused-ring (bicyclic) bond motifs is 1. The second-order valence-corrected chi connectivity index (χ2v) is 9.18. The summed E-state index contributed by atoms with van der Waals surface area (Å²) in [6.07, 6.45) is 0. The molecule has 0 amide bonds. The molecule has 0 bridgehead atoms. The molecule has 0 aliphatic carbocycles. The molecule has 0 aromatic heterocycles. The second kappa shape index (κ2) is 7.67. The lowest BCUT2D eigenvalue weighted by molar-refractivity contribution is 0.227. The van der Waals surface area contributed by atoms with Gasteiger partial charge in [-0.25, -0.2) is 8.42 Å². The van der Waals surface area contributed by atoms with Crippen LogP contribution in [0, 0.1) is 0 Å². The Hall–Kier alpha value is -2.43. The number of hydrogen-bond donors (Lipinski definition) is 0. The Labute approximate surface area is 161 Å². The fourth-order valence-corrected chi connectivity index (χ4v) is 5.46. The van der Waals surface area contributed by atoms with Crippen molar-refractivity contribution in [1.29, 1.82) is 0 Å². The van der Waals surface area contributed by atoms with E-state index in [1.54, 1.807) is 24.3 Å². The number of benzene rings is 3. The molecule has 1 atom stereocenters. The standard InChI is InChI=1S/C23H23NO2S/c25-27(26,22-12-5-2-6-13-22)18-21-17-24(15-19-9-3-1-4-10-19)16-20-11-7-8-14-23(20)21/h1-14,21H,15-18H2. The zero-order valence-corrected chi connectivity index (χ0v) is 16.0. The summed E-state index contributed by atoms with van der Waals surface area (Å²) in [6, 6.07) is 27.4. The summed E-state index contributed by atoms with van der Waals surface area (Å²) < 4.78 is 25.9. The highest BCUT2D eigenvalue weighted by Crippen LogP contribution is 2.31. The molecule has 0 radical (unpaired) electrons. The second-order valence-electron chi connectivity index (χ2n) is 7.15. The Morgan fingerprint density at radius 3 is 2.19 bits per heavy atom. The van der Waals surface area contributed by atoms with E-state index in [9.17, 15) is 8.42 Å². The topological polar surface area (TPSA) is 37.4 Å². The highest BCUT2D eigenvalue weighted by atomic mass is 32.2. The van der Waals surface area contributed by atoms with Gasteiger partial charge in [-0.05, 0) is 28.8 Å². The average Bonchev–Trinajstić information content (AvgIpc) is 2.69. The zero-order chi connectivity index (χ0) is 18.7. The number of rotatable bonds is 5. The number of sulfone groups is 1. The Balaban J connectivity index is 1.61. The van der Waals surface area contributed by atoms with Crippen molar-refractivity contribution in [2.75, 3.05) is 12.3 Å². The van der Waals surface area contributed by atoms with E-state index in [2.05, 4.69) is 29.2 Å². The summed E-state index contributed by atoms with van der Waals surface area (Å²) in [6.45, 7) is 2.43. The van der Waals surface area contributed by atoms with E-state index in [4.69, 9.17) is 0 Å². The third-order valence-electron chi connectivity index (χ3n) is 5.14. The molecule has 1 aliphatic heterocycles. The Bertz CT molecular complexity index is 1000. The molecule has 0 saturated heterocycles. The van der Waals surface area contributed by atoms with Gasteiger partial charge in [0.25, 0.3) is 0 Å². The first-order chi connectivity index (χ1) is 13.1. The zero-order valence-electron chi connectivity index (χ0n) is 15.2. The lowest BCUT2D eigenvalue weighted by atomic mass is 9.91. The van der Waals surface area contributed by atoms with Crippen LogP contribution >= 0.6 is 0 Å². The van der Waals surface area contributed by atoms with Crippen LogP contribution in [0.4, 0.5) is 0 Å². The van der Waals surface area contributed by atoms with Crippen molar-refractivity contribution in [3.63, 3.8) is 0 Å². The monoisotopic (exact) mass is 377 g/mol. The maximum Gasteiger partial charge on any atom is 0.179 e. The molecule has 3 aromatic carbocycles. The highest BCUT2D eigenvalue weighted by Gasteiger charge is 2.29. The van der Waals surface area contributed by atoms with Crippen LogP contribution in [0.25, 0.3) is 0 Å². The summed E-state index contributed by atoms with van der Waals surface area (Å²) in [5.74, 6) is 0.114. The van der Waals surface area contributed by atoms with Gasteiger partial charge in [0, 0.05) is 25.6 Å². The first kappa shape index (κ1) is 18.0. The Morgan fingerprint density at radius 1 is 0.815 bits per heavy atom. The van der Waals surface area contributed by atoms with Crippen molar-refractivity contribution in [3.8, 4) is 0 Å². The lowest BCUT2D eigenvalue weighted by Gasteiger charge is -2.34. The number of nitrogens with zero attached hydrogens (tertiary/aromatic N) is 1. The van der Waals surface area contributed by atoms with Gasteiger partial charge in [0.15, 0.2) is 9.84 Å². The van der Waals surface area contributed by atoms with E-state index in [-0.39, 0.29) is 11.7 Å². The maximum absolute atomic E-state index is 13.0. The normalized spacial score (nSPS) is 17.4. The molecular formula is C23H23NO2S. The van der Waals surface area contributed by atoms with Crippen LogP contribution in [0.2, 0.25) is 0 Å². The van der Waals surface area contributed by atoms with Crippen molar-refractivity contribution in [2.45, 2.75) is 23.9 Å². The third-order valence-corrected chi connectivity index (χ3v) is 6.97. The minimum Gasteiger partial charge on any atom is -0.294 e. The van der Waals surface area contributed by atoms with E-state index in [0.29, 0.717) is 4.90 Å². The molecule has 3 aromatic rings. The summed E-state index contributed by atoms with van der Waals surface area (Å²) in [4.78, 5) is 2.76. The predicted molar refractivity (Wildman–Crippen MR) is 108 cm³/mol. The summed E-state index contributed by atoms with van der Waals surface area (Å²) in [5.41, 5.74) is 3.65. The SMILES string of the molecule is O=S(=O)(CC1CN(Cc2ccccc2)Cc2ccccc21)c1ccccc1. The minimum absolute atomic E-state index is 0.0242. The largest absolute Gasteiger partial charge is 0.294 e. The van der Waals surface area contributed by atoms with Crippen LogP contribution in [0.1, 0.15) is 22.6 Å². The van der Waals surface area contributed by atoms with Crippen LogP contribution in [0.5, 0.6) is 0 Å². The van der Waals surface area contributed by atoms with Crippen LogP contribution in [-0.4, -0.2) is 25.6 Å². The van der Waals surface area contributed by atoms with Crippen molar-refractivity contribution >= 4 is 9.84 Å². The van der Waals surface area contributed by atoms with Crippen LogP contribution in [-0.2, 0) is 22.9 Å². The quantitative estimate of drug-likeness (QED) is 0.667. The summed E-state index contributed by atoms with van der Waals surface area (Å²) in [5, 5.41) is 0. The van der Waals surface area contributed by atoms with E-state index >= 15 is 0 Å². The van der Waals surface area contributed by atoms with Crippen molar-refractivity contribution in [3.05, 3.63) is 102 Å². The fourth-order valence-electron chi connectivity index (χ4n) is 3.89. The molecule has 0 fully saturated rings. The van der Waals surface area contributed by atoms with Gasteiger partial charge in [0.1, 0.15) is 0 Å². The summed E-state index contributed by atoms with van der Waals surface area (Å²) >= 11 is 0. The molecule has 1 aliphatic rings. The molecule has 27 heavy (non-hydrogen) atoms. The van der Waals surface area contributed by atoms with Gasteiger partial charge in [-0.2, -0.15) is 0 Å². The molecule has 1 unspecified atom stereocenters. The third kappa shape index (κ3) is 4.12. The van der Waals surface area contributed by atoms with Crippen LogP contribution in [0.15, 0.2) is 89.8 Å². The van der Waals surface area contributed by atoms with E-state index in [1.807, 2.05) is 36.4 Å². The van der Waals surface area contributed by atoms with Gasteiger partial charge in [-0.15, -0.1) is 0 Å². The van der Waals surface area contributed by atoms with E-state index in [1.165, 1.54) is 16.7 Å². The van der Waals surface area contributed by atoms with Crippen molar-refractivity contribution in [1.82, 2.24) is 4.90 Å². The molecule has 4 rings (SSSR count). The Kier molecular flexibility index (Phi) is 5.10. The maximum atomic E-state index is 13.0. The van der Waals surface area contributed by atoms with Gasteiger partial charge >= 0.3 is 0 Å². The molecule has 3 nitrogen and oxygen atoms in total. The van der Waals surface area contributed by atoms with Gasteiger partial charge in [-0.1, -0.05) is 72.8 Å².